The van der Waals surface area contributed by atoms with Crippen molar-refractivity contribution in [3.05, 3.63) is 0 Å². The van der Waals surface area contributed by atoms with E-state index in [2.05, 4.69) is 22.2 Å². The Kier molecular flexibility index (Phi) is 5.04. The highest BCUT2D eigenvalue weighted by atomic mass is 32.1. The highest BCUT2D eigenvalue weighted by molar-refractivity contribution is 7.80. The van der Waals surface area contributed by atoms with Crippen LogP contribution in [0.1, 0.15) is 38.5 Å². The normalized spacial score (nSPS) is 24.4. The first-order valence-corrected chi connectivity index (χ1v) is 7.40. The molecule has 2 aliphatic rings. The van der Waals surface area contributed by atoms with Crippen molar-refractivity contribution in [1.82, 2.24) is 15.1 Å². The molecule has 1 aliphatic carbocycles. The minimum Gasteiger partial charge on any atom is -0.360 e. The van der Waals surface area contributed by atoms with Crippen LogP contribution in [0.5, 0.6) is 0 Å². The Bertz CT molecular complexity index is 251. The zero-order valence-corrected chi connectivity index (χ0v) is 11.8. The maximum Gasteiger partial charge on any atom is 0.169 e. The van der Waals surface area contributed by atoms with E-state index in [1.54, 1.807) is 0 Å². The van der Waals surface area contributed by atoms with Gasteiger partial charge in [0.2, 0.25) is 0 Å². The zero-order valence-electron chi connectivity index (χ0n) is 11.0. The molecule has 3 nitrogen and oxygen atoms in total. The molecule has 98 valence electrons. The maximum absolute atomic E-state index is 5.55. The van der Waals surface area contributed by atoms with Crippen LogP contribution in [-0.2, 0) is 0 Å². The summed E-state index contributed by atoms with van der Waals surface area (Å²) >= 11 is 5.55. The fourth-order valence-electron chi connectivity index (χ4n) is 2.76. The lowest BCUT2D eigenvalue weighted by Gasteiger charge is -2.30. The molecule has 1 saturated carbocycles. The first-order valence-electron chi connectivity index (χ1n) is 7.00. The van der Waals surface area contributed by atoms with Gasteiger partial charge in [0.25, 0.3) is 0 Å². The van der Waals surface area contributed by atoms with E-state index in [1.165, 1.54) is 45.1 Å². The molecule has 1 saturated heterocycles. The average Bonchev–Trinajstić information content (AvgIpc) is 2.55. The molecule has 1 heterocycles. The largest absolute Gasteiger partial charge is 0.360 e. The molecule has 17 heavy (non-hydrogen) atoms. The summed E-state index contributed by atoms with van der Waals surface area (Å²) in [6, 6.07) is 0.636. The van der Waals surface area contributed by atoms with Gasteiger partial charge in [0.1, 0.15) is 0 Å². The van der Waals surface area contributed by atoms with E-state index in [0.29, 0.717) is 6.04 Å². The second-order valence-corrected chi connectivity index (χ2v) is 5.81. The molecule has 2 rings (SSSR count). The Balaban J connectivity index is 1.77. The second-order valence-electron chi connectivity index (χ2n) is 5.43. The fraction of sp³-hybridized carbons (Fsp3) is 0.923. The first-order chi connectivity index (χ1) is 8.25. The van der Waals surface area contributed by atoms with Gasteiger partial charge in [-0.05, 0) is 45.1 Å². The van der Waals surface area contributed by atoms with Crippen LogP contribution in [0.15, 0.2) is 0 Å². The van der Waals surface area contributed by atoms with Crippen LogP contribution in [0.4, 0.5) is 0 Å². The smallest absolute Gasteiger partial charge is 0.169 e. The average molecular weight is 255 g/mol. The van der Waals surface area contributed by atoms with E-state index >= 15 is 0 Å². The van der Waals surface area contributed by atoms with Crippen molar-refractivity contribution in [2.75, 3.05) is 33.2 Å². The van der Waals surface area contributed by atoms with Gasteiger partial charge in [0.05, 0.1) is 0 Å². The number of hydrogen-bond donors (Lipinski definition) is 1. The van der Waals surface area contributed by atoms with Crippen LogP contribution in [0.3, 0.4) is 0 Å². The topological polar surface area (TPSA) is 18.5 Å². The highest BCUT2D eigenvalue weighted by Gasteiger charge is 2.18. The monoisotopic (exact) mass is 255 g/mol. The van der Waals surface area contributed by atoms with Crippen molar-refractivity contribution < 1.29 is 0 Å². The Hall–Kier alpha value is -0.350. The summed E-state index contributed by atoms with van der Waals surface area (Å²) in [6.45, 7) is 4.52. The van der Waals surface area contributed by atoms with E-state index < -0.39 is 0 Å². The van der Waals surface area contributed by atoms with Crippen molar-refractivity contribution in [3.8, 4) is 0 Å². The van der Waals surface area contributed by atoms with Crippen LogP contribution >= 0.6 is 12.2 Å². The lowest BCUT2D eigenvalue weighted by atomic mass is 9.96. The third-order valence-corrected chi connectivity index (χ3v) is 4.32. The number of likely N-dealkylation sites (N-methyl/N-ethyl adjacent to an activating group) is 1. The molecule has 0 radical (unpaired) electrons. The Labute approximate surface area is 111 Å². The molecule has 4 heteroatoms. The van der Waals surface area contributed by atoms with E-state index in [9.17, 15) is 0 Å². The number of nitrogens with one attached hydrogen (secondary N) is 1. The molecule has 2 fully saturated rings. The molecular weight excluding hydrogens is 230 g/mol. The number of rotatable bonds is 1. The van der Waals surface area contributed by atoms with Gasteiger partial charge >= 0.3 is 0 Å². The maximum atomic E-state index is 5.55. The summed E-state index contributed by atoms with van der Waals surface area (Å²) in [5.41, 5.74) is 0. The molecule has 0 aromatic carbocycles. The van der Waals surface area contributed by atoms with Crippen LogP contribution in [0, 0.1) is 0 Å². The summed E-state index contributed by atoms with van der Waals surface area (Å²) in [4.78, 5) is 4.75. The van der Waals surface area contributed by atoms with Gasteiger partial charge in [-0.1, -0.05) is 19.3 Å². The minimum absolute atomic E-state index is 0.636. The standard InChI is InChI=1S/C13H25N3S/c1-15-8-5-9-16(11-10-15)13(17)14-12-6-3-2-4-7-12/h12H,2-11H2,1H3,(H,14,17). The van der Waals surface area contributed by atoms with Crippen molar-refractivity contribution in [1.29, 1.82) is 0 Å². The van der Waals surface area contributed by atoms with Gasteiger partial charge in [-0.3, -0.25) is 0 Å². The van der Waals surface area contributed by atoms with Gasteiger partial charge in [0, 0.05) is 25.7 Å². The Morgan fingerprint density at radius 1 is 1.00 bits per heavy atom. The van der Waals surface area contributed by atoms with Gasteiger partial charge < -0.3 is 15.1 Å². The molecule has 0 unspecified atom stereocenters. The highest BCUT2D eigenvalue weighted by Crippen LogP contribution is 2.17. The van der Waals surface area contributed by atoms with Crippen LogP contribution < -0.4 is 5.32 Å². The molecule has 0 spiro atoms. The summed E-state index contributed by atoms with van der Waals surface area (Å²) in [5.74, 6) is 0. The molecule has 0 aromatic rings. The van der Waals surface area contributed by atoms with Crippen LogP contribution in [0.2, 0.25) is 0 Å². The van der Waals surface area contributed by atoms with Crippen LogP contribution in [0.25, 0.3) is 0 Å². The molecular formula is C13H25N3S. The van der Waals surface area contributed by atoms with E-state index in [-0.39, 0.29) is 0 Å². The first kappa shape index (κ1) is 13.1. The molecule has 0 atom stereocenters. The Morgan fingerprint density at radius 2 is 1.76 bits per heavy atom. The van der Waals surface area contributed by atoms with Gasteiger partial charge in [-0.15, -0.1) is 0 Å². The van der Waals surface area contributed by atoms with Gasteiger partial charge in [-0.25, -0.2) is 0 Å². The number of hydrogen-bond acceptors (Lipinski definition) is 2. The molecule has 0 bridgehead atoms. The quantitative estimate of drug-likeness (QED) is 0.720. The second kappa shape index (κ2) is 6.55. The van der Waals surface area contributed by atoms with E-state index in [4.69, 9.17) is 12.2 Å². The lowest BCUT2D eigenvalue weighted by Crippen LogP contribution is -2.46. The van der Waals surface area contributed by atoms with Crippen molar-refractivity contribution in [3.63, 3.8) is 0 Å². The molecule has 0 amide bonds. The molecule has 1 N–H and O–H groups in total. The third-order valence-electron chi connectivity index (χ3n) is 3.94. The predicted octanol–water partition coefficient (Wildman–Crippen LogP) is 1.83. The van der Waals surface area contributed by atoms with Crippen LogP contribution in [-0.4, -0.2) is 54.2 Å². The summed E-state index contributed by atoms with van der Waals surface area (Å²) < 4.78 is 0. The van der Waals surface area contributed by atoms with Crippen molar-refractivity contribution in [2.24, 2.45) is 0 Å². The Morgan fingerprint density at radius 3 is 2.53 bits per heavy atom. The third kappa shape index (κ3) is 4.11. The van der Waals surface area contributed by atoms with Crippen molar-refractivity contribution in [2.45, 2.75) is 44.6 Å². The van der Waals surface area contributed by atoms with E-state index in [1.807, 2.05) is 0 Å². The zero-order chi connectivity index (χ0) is 12.1. The predicted molar refractivity (Wildman–Crippen MR) is 76.3 cm³/mol. The summed E-state index contributed by atoms with van der Waals surface area (Å²) in [5, 5.41) is 4.56. The SMILES string of the molecule is CN1CCCN(C(=S)NC2CCCCC2)CC1. The lowest BCUT2D eigenvalue weighted by molar-refractivity contribution is 0.341. The molecule has 0 aromatic heterocycles. The van der Waals surface area contributed by atoms with Crippen molar-refractivity contribution >= 4 is 17.3 Å². The number of nitrogens with zero attached hydrogens (tertiary/aromatic N) is 2. The number of thiocarbonyl (C=S) groups is 1. The van der Waals surface area contributed by atoms with E-state index in [0.717, 1.165) is 24.7 Å². The fourth-order valence-corrected chi connectivity index (χ4v) is 3.11. The van der Waals surface area contributed by atoms with Gasteiger partial charge in [-0.2, -0.15) is 0 Å². The minimum atomic E-state index is 0.636. The summed E-state index contributed by atoms with van der Waals surface area (Å²) in [7, 11) is 2.20. The summed E-state index contributed by atoms with van der Waals surface area (Å²) in [6.07, 6.45) is 7.95. The molecule has 1 aliphatic heterocycles. The van der Waals surface area contributed by atoms with Gasteiger partial charge in [0.15, 0.2) is 5.11 Å².